The van der Waals surface area contributed by atoms with Crippen LogP contribution in [-0.2, 0) is 15.3 Å². The van der Waals surface area contributed by atoms with Crippen molar-refractivity contribution in [3.05, 3.63) is 46.7 Å². The number of aliphatic hydroxyl groups is 2. The summed E-state index contributed by atoms with van der Waals surface area (Å²) < 4.78 is 44.5. The molecule has 9 heteroatoms. The number of esters is 1. The zero-order valence-corrected chi connectivity index (χ0v) is 12.3. The van der Waals surface area contributed by atoms with Crippen molar-refractivity contribution in [3.8, 4) is 0 Å². The molecule has 0 unspecified atom stereocenters. The van der Waals surface area contributed by atoms with Crippen molar-refractivity contribution in [2.24, 2.45) is 0 Å². The van der Waals surface area contributed by atoms with E-state index in [0.717, 1.165) is 0 Å². The molecule has 0 saturated heterocycles. The lowest BCUT2D eigenvalue weighted by Gasteiger charge is -2.31. The second-order valence-electron chi connectivity index (χ2n) is 5.39. The van der Waals surface area contributed by atoms with Crippen LogP contribution in [0.1, 0.15) is 22.8 Å². The van der Waals surface area contributed by atoms with Crippen LogP contribution in [0.5, 0.6) is 0 Å². The van der Waals surface area contributed by atoms with E-state index in [9.17, 15) is 33.0 Å². The summed E-state index contributed by atoms with van der Waals surface area (Å²) in [5, 5.41) is 23.2. The van der Waals surface area contributed by atoms with Crippen molar-refractivity contribution >= 4 is 11.8 Å². The fourth-order valence-electron chi connectivity index (χ4n) is 3.09. The van der Waals surface area contributed by atoms with Crippen LogP contribution in [0.2, 0.25) is 0 Å². The maximum Gasteiger partial charge on any atom is 0.431 e. The lowest BCUT2D eigenvalue weighted by molar-refractivity contribution is -0.146. The van der Waals surface area contributed by atoms with E-state index in [1.807, 2.05) is 0 Å². The lowest BCUT2D eigenvalue weighted by Crippen LogP contribution is -2.56. The fourth-order valence-corrected chi connectivity index (χ4v) is 3.09. The van der Waals surface area contributed by atoms with Gasteiger partial charge in [0.05, 0.1) is 6.61 Å². The summed E-state index contributed by atoms with van der Waals surface area (Å²) in [7, 11) is 0. The van der Waals surface area contributed by atoms with Crippen molar-refractivity contribution in [1.29, 1.82) is 0 Å². The molecule has 0 radical (unpaired) electrons. The SMILES string of the molecule is CCOC(=O)C1=C(C(F)(F)F)N[C@]2(O)c3ccccc3C(=O)[C@]12O. The minimum atomic E-state index is -5.12. The summed E-state index contributed by atoms with van der Waals surface area (Å²) >= 11 is 0. The predicted octanol–water partition coefficient (Wildman–Crippen LogP) is 0.742. The highest BCUT2D eigenvalue weighted by Crippen LogP contribution is 2.53. The van der Waals surface area contributed by atoms with Crippen LogP contribution in [0.25, 0.3) is 0 Å². The number of nitrogens with one attached hydrogen (secondary N) is 1. The molecular weight excluding hydrogens is 331 g/mol. The Balaban J connectivity index is 2.29. The third-order valence-corrected chi connectivity index (χ3v) is 4.09. The first-order valence-corrected chi connectivity index (χ1v) is 6.95. The minimum Gasteiger partial charge on any atom is -0.462 e. The van der Waals surface area contributed by atoms with Gasteiger partial charge in [-0.25, -0.2) is 4.79 Å². The van der Waals surface area contributed by atoms with Crippen molar-refractivity contribution in [2.45, 2.75) is 24.4 Å². The van der Waals surface area contributed by atoms with E-state index in [4.69, 9.17) is 0 Å². The number of allylic oxidation sites excluding steroid dienone is 1. The van der Waals surface area contributed by atoms with E-state index >= 15 is 0 Å². The number of hydrogen-bond acceptors (Lipinski definition) is 6. The molecule has 0 amide bonds. The molecule has 1 heterocycles. The third-order valence-electron chi connectivity index (χ3n) is 4.09. The van der Waals surface area contributed by atoms with E-state index < -0.39 is 40.5 Å². The van der Waals surface area contributed by atoms with Crippen molar-refractivity contribution in [1.82, 2.24) is 5.32 Å². The quantitative estimate of drug-likeness (QED) is 0.686. The average molecular weight is 343 g/mol. The van der Waals surface area contributed by atoms with Crippen LogP contribution in [0.15, 0.2) is 35.5 Å². The number of Topliss-reactive ketones (excluding diaryl/α,β-unsaturated/α-hetero) is 1. The van der Waals surface area contributed by atoms with Crippen LogP contribution in [0.3, 0.4) is 0 Å². The second-order valence-corrected chi connectivity index (χ2v) is 5.39. The zero-order valence-electron chi connectivity index (χ0n) is 12.3. The molecule has 0 saturated carbocycles. The summed E-state index contributed by atoms with van der Waals surface area (Å²) in [4.78, 5) is 24.6. The van der Waals surface area contributed by atoms with Gasteiger partial charge in [0.15, 0.2) is 0 Å². The van der Waals surface area contributed by atoms with Crippen molar-refractivity contribution in [3.63, 3.8) is 0 Å². The van der Waals surface area contributed by atoms with E-state index in [1.165, 1.54) is 31.2 Å². The molecule has 0 spiro atoms. The van der Waals surface area contributed by atoms with Crippen LogP contribution in [0.4, 0.5) is 13.2 Å². The minimum absolute atomic E-state index is 0.182. The number of hydrogen-bond donors (Lipinski definition) is 3. The highest BCUT2D eigenvalue weighted by atomic mass is 19.4. The largest absolute Gasteiger partial charge is 0.462 e. The molecule has 1 aromatic rings. The van der Waals surface area contributed by atoms with Gasteiger partial charge in [-0.2, -0.15) is 13.2 Å². The van der Waals surface area contributed by atoms with Crippen LogP contribution < -0.4 is 5.32 Å². The van der Waals surface area contributed by atoms with Gasteiger partial charge < -0.3 is 20.3 Å². The van der Waals surface area contributed by atoms with Crippen LogP contribution >= 0.6 is 0 Å². The second kappa shape index (κ2) is 4.81. The van der Waals surface area contributed by atoms with Gasteiger partial charge >= 0.3 is 12.1 Å². The summed E-state index contributed by atoms with van der Waals surface area (Å²) in [6.45, 7) is 1.08. The Morgan fingerprint density at radius 1 is 1.29 bits per heavy atom. The van der Waals surface area contributed by atoms with Gasteiger partial charge in [0, 0.05) is 11.1 Å². The van der Waals surface area contributed by atoms with Gasteiger partial charge in [-0.1, -0.05) is 24.3 Å². The molecule has 2 atom stereocenters. The molecule has 1 aliphatic carbocycles. The monoisotopic (exact) mass is 343 g/mol. The zero-order chi connectivity index (χ0) is 17.9. The normalized spacial score (nSPS) is 28.5. The van der Waals surface area contributed by atoms with E-state index in [-0.39, 0.29) is 17.7 Å². The standard InChI is InChI=1S/C15H12F3NO5/c1-2-24-12(21)9-10(15(16,17)18)19-14(23)8-6-4-3-5-7(8)11(20)13(9,14)22/h3-6,19,22-23H,2H2,1H3/t13-,14+/m1/s1. The molecular formula is C15H12F3NO5. The molecule has 0 aromatic heterocycles. The number of carbonyl (C=O) groups is 2. The first-order valence-electron chi connectivity index (χ1n) is 6.95. The summed E-state index contributed by atoms with van der Waals surface area (Å²) in [5.41, 5.74) is -9.42. The maximum absolute atomic E-state index is 13.3. The molecule has 2 aliphatic rings. The lowest BCUT2D eigenvalue weighted by atomic mass is 9.85. The Morgan fingerprint density at radius 3 is 2.50 bits per heavy atom. The molecule has 0 fully saturated rings. The Kier molecular flexibility index (Phi) is 3.30. The number of alkyl halides is 3. The molecule has 3 rings (SSSR count). The smallest absolute Gasteiger partial charge is 0.431 e. The molecule has 128 valence electrons. The molecule has 0 bridgehead atoms. The fraction of sp³-hybridized carbons (Fsp3) is 0.333. The number of ether oxygens (including phenoxy) is 1. The van der Waals surface area contributed by atoms with Crippen LogP contribution in [-0.4, -0.2) is 40.3 Å². The maximum atomic E-state index is 13.3. The highest BCUT2D eigenvalue weighted by molar-refractivity contribution is 6.16. The Labute approximate surface area is 133 Å². The van der Waals surface area contributed by atoms with Gasteiger partial charge in [-0.05, 0) is 6.92 Å². The van der Waals surface area contributed by atoms with E-state index in [1.54, 1.807) is 5.32 Å². The topological polar surface area (TPSA) is 95.9 Å². The average Bonchev–Trinajstić information content (AvgIpc) is 2.85. The summed E-state index contributed by atoms with van der Waals surface area (Å²) in [6, 6.07) is 5.24. The molecule has 6 nitrogen and oxygen atoms in total. The summed E-state index contributed by atoms with van der Waals surface area (Å²) in [5.74, 6) is -2.74. The summed E-state index contributed by atoms with van der Waals surface area (Å²) in [6.07, 6.45) is -5.12. The Morgan fingerprint density at radius 2 is 1.92 bits per heavy atom. The molecule has 3 N–H and O–H groups in total. The van der Waals surface area contributed by atoms with Gasteiger partial charge in [-0.3, -0.25) is 4.79 Å². The molecule has 1 aromatic carbocycles. The van der Waals surface area contributed by atoms with Crippen molar-refractivity contribution < 1.29 is 37.7 Å². The highest BCUT2D eigenvalue weighted by Gasteiger charge is 2.73. The molecule has 1 aliphatic heterocycles. The van der Waals surface area contributed by atoms with Gasteiger partial charge in [0.2, 0.25) is 17.1 Å². The number of carbonyl (C=O) groups excluding carboxylic acids is 2. The number of ketones is 1. The number of fused-ring (bicyclic) bond motifs is 3. The van der Waals surface area contributed by atoms with Gasteiger partial charge in [0.25, 0.3) is 0 Å². The Bertz CT molecular complexity index is 788. The number of halogens is 3. The first-order chi connectivity index (χ1) is 11.1. The van der Waals surface area contributed by atoms with Crippen LogP contribution in [0, 0.1) is 0 Å². The van der Waals surface area contributed by atoms with Gasteiger partial charge in [0.1, 0.15) is 11.3 Å². The Hall–Kier alpha value is -2.39. The first kappa shape index (κ1) is 16.5. The van der Waals surface area contributed by atoms with Gasteiger partial charge in [-0.15, -0.1) is 0 Å². The third kappa shape index (κ3) is 1.79. The molecule has 24 heavy (non-hydrogen) atoms. The predicted molar refractivity (Wildman–Crippen MR) is 72.5 cm³/mol. The van der Waals surface area contributed by atoms with E-state index in [0.29, 0.717) is 0 Å². The number of rotatable bonds is 2. The van der Waals surface area contributed by atoms with Crippen molar-refractivity contribution in [2.75, 3.05) is 6.61 Å². The number of benzene rings is 1. The van der Waals surface area contributed by atoms with E-state index in [2.05, 4.69) is 4.74 Å².